The standard InChI is InChI=1S/C23H26N4O2/c28-23(24-13-14-29-17-18-11-12-18)25-15-20-16-27(21-9-5-2-6-10-21)26-22(20)19-7-3-1-4-8-19/h1-10,16,18H,11-15,17H2,(H2,24,25,28). The molecule has 2 aromatic carbocycles. The predicted molar refractivity (Wildman–Crippen MR) is 113 cm³/mol. The summed E-state index contributed by atoms with van der Waals surface area (Å²) in [5, 5.41) is 10.5. The SMILES string of the molecule is O=C(NCCOCC1CC1)NCc1cn(-c2ccccc2)nc1-c1ccccc1. The maximum atomic E-state index is 12.1. The molecule has 1 saturated carbocycles. The summed E-state index contributed by atoms with van der Waals surface area (Å²) in [6.07, 6.45) is 4.51. The Balaban J connectivity index is 1.38. The smallest absolute Gasteiger partial charge is 0.315 e. The topological polar surface area (TPSA) is 68.2 Å². The summed E-state index contributed by atoms with van der Waals surface area (Å²) in [7, 11) is 0. The highest BCUT2D eigenvalue weighted by atomic mass is 16.5. The molecule has 3 aromatic rings. The zero-order chi connectivity index (χ0) is 19.9. The van der Waals surface area contributed by atoms with Crippen molar-refractivity contribution in [2.45, 2.75) is 19.4 Å². The molecule has 1 aromatic heterocycles. The van der Waals surface area contributed by atoms with E-state index in [4.69, 9.17) is 9.84 Å². The molecular formula is C23H26N4O2. The molecular weight excluding hydrogens is 364 g/mol. The third-order valence-corrected chi connectivity index (χ3v) is 4.88. The van der Waals surface area contributed by atoms with Crippen molar-refractivity contribution >= 4 is 6.03 Å². The number of urea groups is 1. The van der Waals surface area contributed by atoms with Gasteiger partial charge >= 0.3 is 6.03 Å². The van der Waals surface area contributed by atoms with Crippen LogP contribution < -0.4 is 10.6 Å². The molecule has 0 aliphatic heterocycles. The Bertz CT molecular complexity index is 921. The van der Waals surface area contributed by atoms with E-state index in [1.807, 2.05) is 71.5 Å². The number of hydrogen-bond acceptors (Lipinski definition) is 3. The molecule has 0 radical (unpaired) electrons. The van der Waals surface area contributed by atoms with Crippen molar-refractivity contribution in [2.24, 2.45) is 5.92 Å². The van der Waals surface area contributed by atoms with Gasteiger partial charge in [-0.15, -0.1) is 0 Å². The molecule has 150 valence electrons. The minimum absolute atomic E-state index is 0.202. The fourth-order valence-electron chi connectivity index (χ4n) is 3.10. The lowest BCUT2D eigenvalue weighted by Gasteiger charge is -2.08. The van der Waals surface area contributed by atoms with Crippen LogP contribution in [0.1, 0.15) is 18.4 Å². The summed E-state index contributed by atoms with van der Waals surface area (Å²) in [6.45, 7) is 2.26. The zero-order valence-corrected chi connectivity index (χ0v) is 16.4. The Morgan fingerprint density at radius 1 is 1.03 bits per heavy atom. The van der Waals surface area contributed by atoms with Crippen LogP contribution >= 0.6 is 0 Å². The van der Waals surface area contributed by atoms with E-state index < -0.39 is 0 Å². The molecule has 6 heteroatoms. The Morgan fingerprint density at radius 2 is 1.76 bits per heavy atom. The molecule has 1 aliphatic carbocycles. The number of para-hydroxylation sites is 1. The molecule has 4 rings (SSSR count). The van der Waals surface area contributed by atoms with Gasteiger partial charge in [0, 0.05) is 37.0 Å². The summed E-state index contributed by atoms with van der Waals surface area (Å²) in [5.74, 6) is 0.737. The predicted octanol–water partition coefficient (Wildman–Crippen LogP) is 3.77. The van der Waals surface area contributed by atoms with E-state index in [-0.39, 0.29) is 6.03 Å². The van der Waals surface area contributed by atoms with Crippen molar-refractivity contribution in [1.82, 2.24) is 20.4 Å². The van der Waals surface area contributed by atoms with E-state index in [0.717, 1.165) is 35.0 Å². The molecule has 0 saturated heterocycles. The van der Waals surface area contributed by atoms with E-state index in [9.17, 15) is 4.79 Å². The second-order valence-electron chi connectivity index (χ2n) is 7.28. The first-order chi connectivity index (χ1) is 14.3. The number of ether oxygens (including phenoxy) is 1. The first kappa shape index (κ1) is 19.2. The summed E-state index contributed by atoms with van der Waals surface area (Å²) in [5.41, 5.74) is 3.82. The molecule has 2 amide bonds. The van der Waals surface area contributed by atoms with E-state index in [1.165, 1.54) is 12.8 Å². The maximum absolute atomic E-state index is 12.1. The lowest BCUT2D eigenvalue weighted by atomic mass is 10.1. The molecule has 0 unspecified atom stereocenters. The van der Waals surface area contributed by atoms with E-state index in [1.54, 1.807) is 0 Å². The number of hydrogen-bond donors (Lipinski definition) is 2. The van der Waals surface area contributed by atoms with Gasteiger partial charge < -0.3 is 15.4 Å². The number of nitrogens with one attached hydrogen (secondary N) is 2. The van der Waals surface area contributed by atoms with Gasteiger partial charge in [-0.05, 0) is 30.9 Å². The van der Waals surface area contributed by atoms with Gasteiger partial charge in [-0.25, -0.2) is 9.48 Å². The number of nitrogens with zero attached hydrogens (tertiary/aromatic N) is 2. The van der Waals surface area contributed by atoms with E-state index >= 15 is 0 Å². The third-order valence-electron chi connectivity index (χ3n) is 4.88. The lowest BCUT2D eigenvalue weighted by Crippen LogP contribution is -2.37. The zero-order valence-electron chi connectivity index (χ0n) is 16.4. The second-order valence-corrected chi connectivity index (χ2v) is 7.28. The van der Waals surface area contributed by atoms with Gasteiger partial charge in [0.1, 0.15) is 0 Å². The highest BCUT2D eigenvalue weighted by molar-refractivity contribution is 5.74. The number of aromatic nitrogens is 2. The van der Waals surface area contributed by atoms with Gasteiger partial charge in [-0.1, -0.05) is 48.5 Å². The van der Waals surface area contributed by atoms with Gasteiger partial charge in [0.15, 0.2) is 0 Å². The Labute approximate surface area is 170 Å². The first-order valence-corrected chi connectivity index (χ1v) is 10.1. The highest BCUT2D eigenvalue weighted by Gasteiger charge is 2.20. The average Bonchev–Trinajstić information content (AvgIpc) is 3.49. The van der Waals surface area contributed by atoms with Crippen LogP contribution in [0, 0.1) is 5.92 Å². The van der Waals surface area contributed by atoms with Crippen LogP contribution in [0.4, 0.5) is 4.79 Å². The van der Waals surface area contributed by atoms with Crippen LogP contribution in [0.25, 0.3) is 16.9 Å². The molecule has 0 spiro atoms. The van der Waals surface area contributed by atoms with Crippen LogP contribution in [-0.2, 0) is 11.3 Å². The van der Waals surface area contributed by atoms with E-state index in [2.05, 4.69) is 10.6 Å². The second kappa shape index (κ2) is 9.39. The monoisotopic (exact) mass is 390 g/mol. The lowest BCUT2D eigenvalue weighted by molar-refractivity contribution is 0.127. The van der Waals surface area contributed by atoms with Gasteiger partial charge in [-0.2, -0.15) is 5.10 Å². The molecule has 6 nitrogen and oxygen atoms in total. The van der Waals surface area contributed by atoms with Crippen molar-refractivity contribution in [1.29, 1.82) is 0 Å². The average molecular weight is 390 g/mol. The van der Waals surface area contributed by atoms with Gasteiger partial charge in [0.25, 0.3) is 0 Å². The van der Waals surface area contributed by atoms with Crippen LogP contribution in [0.15, 0.2) is 66.9 Å². The number of amides is 2. The molecule has 2 N–H and O–H groups in total. The fourth-order valence-corrected chi connectivity index (χ4v) is 3.10. The Morgan fingerprint density at radius 3 is 2.48 bits per heavy atom. The molecule has 1 heterocycles. The molecule has 1 fully saturated rings. The summed E-state index contributed by atoms with van der Waals surface area (Å²) >= 11 is 0. The normalized spacial score (nSPS) is 13.2. The van der Waals surface area contributed by atoms with Crippen LogP contribution in [0.5, 0.6) is 0 Å². The maximum Gasteiger partial charge on any atom is 0.315 e. The van der Waals surface area contributed by atoms with E-state index in [0.29, 0.717) is 19.7 Å². The van der Waals surface area contributed by atoms with Crippen molar-refractivity contribution < 1.29 is 9.53 Å². The van der Waals surface area contributed by atoms with Crippen molar-refractivity contribution in [3.63, 3.8) is 0 Å². The number of rotatable bonds is 9. The van der Waals surface area contributed by atoms with Crippen molar-refractivity contribution in [2.75, 3.05) is 19.8 Å². The minimum Gasteiger partial charge on any atom is -0.379 e. The number of carbonyl (C=O) groups excluding carboxylic acids is 1. The van der Waals surface area contributed by atoms with Gasteiger partial charge in [-0.3, -0.25) is 0 Å². The number of benzene rings is 2. The summed E-state index contributed by atoms with van der Waals surface area (Å²) in [4.78, 5) is 12.1. The highest BCUT2D eigenvalue weighted by Crippen LogP contribution is 2.28. The third kappa shape index (κ3) is 5.45. The van der Waals surface area contributed by atoms with Gasteiger partial charge in [0.2, 0.25) is 0 Å². The summed E-state index contributed by atoms with van der Waals surface area (Å²) < 4.78 is 7.39. The molecule has 29 heavy (non-hydrogen) atoms. The van der Waals surface area contributed by atoms with Crippen LogP contribution in [0.3, 0.4) is 0 Å². The summed E-state index contributed by atoms with van der Waals surface area (Å²) in [6, 6.07) is 19.8. The van der Waals surface area contributed by atoms with Crippen molar-refractivity contribution in [3.05, 3.63) is 72.4 Å². The molecule has 0 atom stereocenters. The quantitative estimate of drug-likeness (QED) is 0.547. The minimum atomic E-state index is -0.202. The fraction of sp³-hybridized carbons (Fsp3) is 0.304. The number of carbonyl (C=O) groups is 1. The Kier molecular flexibility index (Phi) is 6.22. The molecule has 0 bridgehead atoms. The Hall–Kier alpha value is -3.12. The largest absolute Gasteiger partial charge is 0.379 e. The molecule has 1 aliphatic rings. The van der Waals surface area contributed by atoms with Crippen molar-refractivity contribution in [3.8, 4) is 16.9 Å². The van der Waals surface area contributed by atoms with Crippen LogP contribution in [-0.4, -0.2) is 35.6 Å². The van der Waals surface area contributed by atoms with Gasteiger partial charge in [0.05, 0.1) is 18.0 Å². The first-order valence-electron chi connectivity index (χ1n) is 10.1. The van der Waals surface area contributed by atoms with Crippen LogP contribution in [0.2, 0.25) is 0 Å².